The fourth-order valence-corrected chi connectivity index (χ4v) is 1.45. The lowest BCUT2D eigenvalue weighted by molar-refractivity contribution is -0.139. The number of alkyl halides is 4. The van der Waals surface area contributed by atoms with Crippen LogP contribution in [0.1, 0.15) is 27.2 Å². The van der Waals surface area contributed by atoms with E-state index in [1.807, 2.05) is 26.1 Å². The van der Waals surface area contributed by atoms with Crippen LogP contribution in [-0.2, 0) is 4.79 Å². The minimum Gasteiger partial charge on any atom is -0.350 e. The molecule has 0 fully saturated rings. The summed E-state index contributed by atoms with van der Waals surface area (Å²) in [6.07, 6.45) is -3.40. The Kier molecular flexibility index (Phi) is 6.06. The summed E-state index contributed by atoms with van der Waals surface area (Å²) in [6.45, 7) is 4.23. The molecule has 18 heavy (non-hydrogen) atoms. The molecular weight excluding hydrogens is 252 g/mol. The summed E-state index contributed by atoms with van der Waals surface area (Å²) in [4.78, 5) is 11.6. The predicted octanol–water partition coefficient (Wildman–Crippen LogP) is 2.01. The Balaban J connectivity index is 4.38. The van der Waals surface area contributed by atoms with Crippen LogP contribution < -0.4 is 11.1 Å². The number of nitrogens with one attached hydrogen (secondary N) is 1. The first-order valence-electron chi connectivity index (χ1n) is 5.63. The molecule has 3 nitrogen and oxygen atoms in total. The Bertz CT molecular complexity index is 277. The van der Waals surface area contributed by atoms with Crippen LogP contribution in [0.2, 0.25) is 0 Å². The average Bonchev–Trinajstić information content (AvgIpc) is 2.21. The summed E-state index contributed by atoms with van der Waals surface area (Å²) in [5, 5.41) is 1.83. The van der Waals surface area contributed by atoms with E-state index in [1.165, 1.54) is 0 Å². The van der Waals surface area contributed by atoms with Crippen molar-refractivity contribution < 1.29 is 22.4 Å². The van der Waals surface area contributed by atoms with E-state index >= 15 is 0 Å². The highest BCUT2D eigenvalue weighted by Gasteiger charge is 2.41. The standard InChI is InChI=1S/C11H20F4N2O/c1-10(2,3)4-7(5-16)8(18)17-6-11(14,15)9(12)13/h7,9H,4-6,16H2,1-3H3,(H,17,18). The number of halogens is 4. The molecule has 1 amide bonds. The Morgan fingerprint density at radius 2 is 1.78 bits per heavy atom. The van der Waals surface area contributed by atoms with E-state index in [2.05, 4.69) is 0 Å². The number of rotatable bonds is 6. The second-order valence-corrected chi connectivity index (χ2v) is 5.48. The number of amides is 1. The van der Waals surface area contributed by atoms with Crippen molar-refractivity contribution >= 4 is 5.91 Å². The Morgan fingerprint density at radius 3 is 2.11 bits per heavy atom. The lowest BCUT2D eigenvalue weighted by atomic mass is 9.84. The average molecular weight is 272 g/mol. The summed E-state index contributed by atoms with van der Waals surface area (Å²) in [7, 11) is 0. The van der Waals surface area contributed by atoms with Crippen molar-refractivity contribution in [2.45, 2.75) is 39.5 Å². The first-order chi connectivity index (χ1) is 7.99. The quantitative estimate of drug-likeness (QED) is 0.727. The van der Waals surface area contributed by atoms with Crippen molar-refractivity contribution in [3.63, 3.8) is 0 Å². The molecule has 0 aromatic heterocycles. The fraction of sp³-hybridized carbons (Fsp3) is 0.909. The van der Waals surface area contributed by atoms with Crippen LogP contribution >= 0.6 is 0 Å². The van der Waals surface area contributed by atoms with Gasteiger partial charge < -0.3 is 11.1 Å². The van der Waals surface area contributed by atoms with E-state index in [0.29, 0.717) is 6.42 Å². The molecule has 0 rings (SSSR count). The van der Waals surface area contributed by atoms with Gasteiger partial charge in [-0.3, -0.25) is 4.79 Å². The summed E-state index contributed by atoms with van der Waals surface area (Å²) in [5.41, 5.74) is 5.18. The van der Waals surface area contributed by atoms with Crippen molar-refractivity contribution in [2.24, 2.45) is 17.1 Å². The molecule has 0 saturated heterocycles. The predicted molar refractivity (Wildman–Crippen MR) is 60.6 cm³/mol. The Hall–Kier alpha value is -0.850. The Morgan fingerprint density at radius 1 is 1.28 bits per heavy atom. The largest absolute Gasteiger partial charge is 0.350 e. The summed E-state index contributed by atoms with van der Waals surface area (Å²) < 4.78 is 49.0. The lowest BCUT2D eigenvalue weighted by Gasteiger charge is -2.25. The van der Waals surface area contributed by atoms with Gasteiger partial charge in [0.2, 0.25) is 5.91 Å². The van der Waals surface area contributed by atoms with E-state index in [9.17, 15) is 22.4 Å². The van der Waals surface area contributed by atoms with Crippen LogP contribution in [-0.4, -0.2) is 31.3 Å². The highest BCUT2D eigenvalue weighted by Crippen LogP contribution is 2.25. The van der Waals surface area contributed by atoms with Crippen LogP contribution in [0.3, 0.4) is 0 Å². The molecule has 0 aliphatic rings. The normalized spacial score (nSPS) is 14.7. The summed E-state index contributed by atoms with van der Waals surface area (Å²) >= 11 is 0. The van der Waals surface area contributed by atoms with E-state index in [0.717, 1.165) is 0 Å². The van der Waals surface area contributed by atoms with Crippen molar-refractivity contribution in [1.29, 1.82) is 0 Å². The van der Waals surface area contributed by atoms with Gasteiger partial charge >= 0.3 is 12.3 Å². The second kappa shape index (κ2) is 6.36. The minimum absolute atomic E-state index is 0.0106. The van der Waals surface area contributed by atoms with Crippen molar-refractivity contribution in [3.8, 4) is 0 Å². The molecule has 1 atom stereocenters. The van der Waals surface area contributed by atoms with E-state index in [4.69, 9.17) is 5.73 Å². The van der Waals surface area contributed by atoms with Gasteiger partial charge in [-0.2, -0.15) is 8.78 Å². The van der Waals surface area contributed by atoms with Crippen LogP contribution in [0.4, 0.5) is 17.6 Å². The highest BCUT2D eigenvalue weighted by atomic mass is 19.3. The minimum atomic E-state index is -4.21. The molecule has 108 valence electrons. The maximum absolute atomic E-state index is 12.6. The molecular formula is C11H20F4N2O. The number of carbonyl (C=O) groups excluding carboxylic acids is 1. The third-order valence-corrected chi connectivity index (χ3v) is 2.33. The molecule has 0 saturated carbocycles. The zero-order chi connectivity index (χ0) is 14.6. The summed E-state index contributed by atoms with van der Waals surface area (Å²) in [6, 6.07) is 0. The molecule has 0 aromatic rings. The fourth-order valence-electron chi connectivity index (χ4n) is 1.45. The molecule has 0 aromatic carbocycles. The van der Waals surface area contributed by atoms with Crippen LogP contribution in [0.25, 0.3) is 0 Å². The van der Waals surface area contributed by atoms with Crippen molar-refractivity contribution in [1.82, 2.24) is 5.32 Å². The molecule has 3 N–H and O–H groups in total. The van der Waals surface area contributed by atoms with Gasteiger partial charge in [0.1, 0.15) is 0 Å². The summed E-state index contributed by atoms with van der Waals surface area (Å²) in [5.74, 6) is -5.58. The van der Waals surface area contributed by atoms with E-state index in [1.54, 1.807) is 0 Å². The van der Waals surface area contributed by atoms with Gasteiger partial charge in [0, 0.05) is 6.54 Å². The Labute approximate surface area is 104 Å². The smallest absolute Gasteiger partial charge is 0.324 e. The van der Waals surface area contributed by atoms with Gasteiger partial charge in [-0.1, -0.05) is 20.8 Å². The number of hydrogen-bond donors (Lipinski definition) is 2. The second-order valence-electron chi connectivity index (χ2n) is 5.48. The van der Waals surface area contributed by atoms with Crippen LogP contribution in [0, 0.1) is 11.3 Å². The number of carbonyl (C=O) groups is 1. The van der Waals surface area contributed by atoms with Gasteiger partial charge in [-0.05, 0) is 11.8 Å². The zero-order valence-corrected chi connectivity index (χ0v) is 10.8. The highest BCUT2D eigenvalue weighted by molar-refractivity contribution is 5.79. The van der Waals surface area contributed by atoms with Gasteiger partial charge in [0.05, 0.1) is 12.5 Å². The maximum Gasteiger partial charge on any atom is 0.324 e. The van der Waals surface area contributed by atoms with Crippen LogP contribution in [0.5, 0.6) is 0 Å². The monoisotopic (exact) mass is 272 g/mol. The maximum atomic E-state index is 12.6. The van der Waals surface area contributed by atoms with Gasteiger partial charge in [0.25, 0.3) is 0 Å². The van der Waals surface area contributed by atoms with Gasteiger partial charge in [-0.15, -0.1) is 0 Å². The molecule has 0 radical (unpaired) electrons. The van der Waals surface area contributed by atoms with Crippen molar-refractivity contribution in [3.05, 3.63) is 0 Å². The van der Waals surface area contributed by atoms with Gasteiger partial charge in [-0.25, -0.2) is 8.78 Å². The first-order valence-corrected chi connectivity index (χ1v) is 5.63. The van der Waals surface area contributed by atoms with E-state index < -0.39 is 30.7 Å². The first kappa shape index (κ1) is 17.2. The van der Waals surface area contributed by atoms with Crippen LogP contribution in [0.15, 0.2) is 0 Å². The SMILES string of the molecule is CC(C)(C)CC(CN)C(=O)NCC(F)(F)C(F)F. The topological polar surface area (TPSA) is 55.1 Å². The molecule has 0 heterocycles. The lowest BCUT2D eigenvalue weighted by Crippen LogP contribution is -2.45. The molecule has 7 heteroatoms. The molecule has 0 aliphatic carbocycles. The molecule has 0 aliphatic heterocycles. The zero-order valence-electron chi connectivity index (χ0n) is 10.8. The number of nitrogens with two attached hydrogens (primary N) is 1. The van der Waals surface area contributed by atoms with E-state index in [-0.39, 0.29) is 12.0 Å². The molecule has 1 unspecified atom stereocenters. The van der Waals surface area contributed by atoms with Crippen molar-refractivity contribution in [2.75, 3.05) is 13.1 Å². The third kappa shape index (κ3) is 6.18. The third-order valence-electron chi connectivity index (χ3n) is 2.33. The molecule has 0 bridgehead atoms. The number of hydrogen-bond acceptors (Lipinski definition) is 2. The molecule has 0 spiro atoms. The van der Waals surface area contributed by atoms with Gasteiger partial charge in [0.15, 0.2) is 0 Å².